The molecule has 1 heterocycles. The lowest BCUT2D eigenvalue weighted by Gasteiger charge is -2.12. The van der Waals surface area contributed by atoms with E-state index in [9.17, 15) is 0 Å². The van der Waals surface area contributed by atoms with Gasteiger partial charge in [0.25, 0.3) is 0 Å². The number of halogens is 1. The van der Waals surface area contributed by atoms with Crippen molar-refractivity contribution in [1.82, 2.24) is 0 Å². The molecule has 1 atom stereocenters. The minimum Gasteiger partial charge on any atom is -0.376 e. The van der Waals surface area contributed by atoms with Crippen LogP contribution in [0.5, 0.6) is 0 Å². The van der Waals surface area contributed by atoms with Crippen molar-refractivity contribution in [3.05, 3.63) is 0 Å². The maximum absolute atomic E-state index is 5.43. The molecule has 0 spiro atoms. The zero-order valence-corrected chi connectivity index (χ0v) is 7.41. The first-order valence-electron chi connectivity index (χ1n) is 3.46. The molecule has 62 valence electrons. The van der Waals surface area contributed by atoms with Crippen LogP contribution >= 0.6 is 12.4 Å². The van der Waals surface area contributed by atoms with Crippen molar-refractivity contribution in [2.45, 2.75) is 26.4 Å². The number of ether oxygens (including phenoxy) is 1. The molecule has 1 aliphatic rings. The third-order valence-electron chi connectivity index (χ3n) is 1.75. The maximum atomic E-state index is 5.43. The summed E-state index contributed by atoms with van der Waals surface area (Å²) in [5.74, 6) is 0. The Kier molecular flexibility index (Phi) is 3.63. The van der Waals surface area contributed by atoms with Gasteiger partial charge in [-0.3, -0.25) is 0 Å². The molecule has 1 aliphatic heterocycles. The summed E-state index contributed by atoms with van der Waals surface area (Å²) >= 11 is 0. The molecule has 0 aromatic carbocycles. The van der Waals surface area contributed by atoms with Crippen LogP contribution in [0, 0.1) is 5.41 Å². The van der Waals surface area contributed by atoms with Crippen LogP contribution in [0.1, 0.15) is 20.3 Å². The Labute approximate surface area is 68.5 Å². The van der Waals surface area contributed by atoms with E-state index in [-0.39, 0.29) is 12.4 Å². The van der Waals surface area contributed by atoms with Gasteiger partial charge in [-0.2, -0.15) is 0 Å². The Morgan fingerprint density at radius 2 is 2.20 bits per heavy atom. The van der Waals surface area contributed by atoms with E-state index in [0.29, 0.717) is 18.1 Å². The summed E-state index contributed by atoms with van der Waals surface area (Å²) < 4.78 is 5.39. The van der Waals surface area contributed by atoms with Crippen LogP contribution in [0.25, 0.3) is 0 Å². The number of nitrogens with two attached hydrogens (primary N) is 1. The van der Waals surface area contributed by atoms with Crippen molar-refractivity contribution in [1.29, 1.82) is 0 Å². The zero-order valence-electron chi connectivity index (χ0n) is 6.59. The maximum Gasteiger partial charge on any atom is 0.0703 e. The van der Waals surface area contributed by atoms with Gasteiger partial charge >= 0.3 is 0 Å². The molecule has 0 radical (unpaired) electrons. The third-order valence-corrected chi connectivity index (χ3v) is 1.75. The van der Waals surface area contributed by atoms with Crippen molar-refractivity contribution in [2.24, 2.45) is 11.1 Å². The summed E-state index contributed by atoms with van der Waals surface area (Å²) in [5, 5.41) is 0. The first-order valence-corrected chi connectivity index (χ1v) is 3.46. The van der Waals surface area contributed by atoms with Gasteiger partial charge in [-0.05, 0) is 11.8 Å². The van der Waals surface area contributed by atoms with Gasteiger partial charge in [0.2, 0.25) is 0 Å². The second-order valence-electron chi connectivity index (χ2n) is 3.54. The SMILES string of the molecule is CC1(C)CO[C@@H](CN)C1.Cl. The molecule has 10 heavy (non-hydrogen) atoms. The highest BCUT2D eigenvalue weighted by Crippen LogP contribution is 2.30. The van der Waals surface area contributed by atoms with E-state index in [2.05, 4.69) is 13.8 Å². The lowest BCUT2D eigenvalue weighted by Crippen LogP contribution is -2.19. The molecule has 0 aromatic rings. The summed E-state index contributed by atoms with van der Waals surface area (Å²) in [7, 11) is 0. The van der Waals surface area contributed by atoms with Gasteiger partial charge in [0.05, 0.1) is 12.7 Å². The molecule has 0 aromatic heterocycles. The minimum atomic E-state index is 0. The first kappa shape index (κ1) is 10.2. The predicted octanol–water partition coefficient (Wildman–Crippen LogP) is 1.18. The van der Waals surface area contributed by atoms with Crippen molar-refractivity contribution >= 4 is 12.4 Å². The van der Waals surface area contributed by atoms with E-state index in [4.69, 9.17) is 10.5 Å². The van der Waals surface area contributed by atoms with Gasteiger partial charge in [0.15, 0.2) is 0 Å². The van der Waals surface area contributed by atoms with E-state index in [1.165, 1.54) is 0 Å². The van der Waals surface area contributed by atoms with Crippen molar-refractivity contribution < 1.29 is 4.74 Å². The van der Waals surface area contributed by atoms with Crippen molar-refractivity contribution in [2.75, 3.05) is 13.2 Å². The summed E-state index contributed by atoms with van der Waals surface area (Å²) in [6.45, 7) is 5.96. The highest BCUT2D eigenvalue weighted by atomic mass is 35.5. The predicted molar refractivity (Wildman–Crippen MR) is 44.4 cm³/mol. The third kappa shape index (κ3) is 2.45. The van der Waals surface area contributed by atoms with Crippen LogP contribution in [-0.4, -0.2) is 19.3 Å². The Bertz CT molecular complexity index is 106. The van der Waals surface area contributed by atoms with Crippen LogP contribution < -0.4 is 5.73 Å². The topological polar surface area (TPSA) is 35.2 Å². The zero-order chi connectivity index (χ0) is 6.91. The van der Waals surface area contributed by atoms with Gasteiger partial charge in [-0.1, -0.05) is 13.8 Å². The van der Waals surface area contributed by atoms with Crippen molar-refractivity contribution in [3.63, 3.8) is 0 Å². The molecule has 1 rings (SSSR count). The smallest absolute Gasteiger partial charge is 0.0703 e. The highest BCUT2D eigenvalue weighted by Gasteiger charge is 2.30. The van der Waals surface area contributed by atoms with Gasteiger partial charge < -0.3 is 10.5 Å². The Morgan fingerprint density at radius 1 is 1.60 bits per heavy atom. The molecule has 0 bridgehead atoms. The largest absolute Gasteiger partial charge is 0.376 e. The summed E-state index contributed by atoms with van der Waals surface area (Å²) in [4.78, 5) is 0. The Morgan fingerprint density at radius 3 is 2.40 bits per heavy atom. The molecule has 0 aliphatic carbocycles. The molecule has 2 nitrogen and oxygen atoms in total. The molecule has 0 unspecified atom stereocenters. The van der Waals surface area contributed by atoms with Gasteiger partial charge in [-0.25, -0.2) is 0 Å². The van der Waals surface area contributed by atoms with Crippen LogP contribution in [0.4, 0.5) is 0 Å². The van der Waals surface area contributed by atoms with E-state index in [1.807, 2.05) is 0 Å². The van der Waals surface area contributed by atoms with Crippen LogP contribution in [0.2, 0.25) is 0 Å². The average Bonchev–Trinajstić information content (AvgIpc) is 2.10. The molecule has 0 saturated carbocycles. The second-order valence-corrected chi connectivity index (χ2v) is 3.54. The Hall–Kier alpha value is 0.210. The van der Waals surface area contributed by atoms with E-state index >= 15 is 0 Å². The average molecular weight is 166 g/mol. The lowest BCUT2D eigenvalue weighted by atomic mass is 9.91. The molecular weight excluding hydrogens is 150 g/mol. The van der Waals surface area contributed by atoms with E-state index in [0.717, 1.165) is 13.0 Å². The monoisotopic (exact) mass is 165 g/mol. The van der Waals surface area contributed by atoms with Crippen LogP contribution in [0.15, 0.2) is 0 Å². The van der Waals surface area contributed by atoms with E-state index in [1.54, 1.807) is 0 Å². The molecule has 3 heteroatoms. The summed E-state index contributed by atoms with van der Waals surface area (Å²) in [6.07, 6.45) is 1.43. The molecule has 1 saturated heterocycles. The quantitative estimate of drug-likeness (QED) is 0.634. The van der Waals surface area contributed by atoms with Gasteiger partial charge in [0, 0.05) is 6.54 Å². The fraction of sp³-hybridized carbons (Fsp3) is 1.00. The Balaban J connectivity index is 0.000000810. The lowest BCUT2D eigenvalue weighted by molar-refractivity contribution is 0.105. The summed E-state index contributed by atoms with van der Waals surface area (Å²) in [6, 6.07) is 0. The minimum absolute atomic E-state index is 0. The number of rotatable bonds is 1. The van der Waals surface area contributed by atoms with Gasteiger partial charge in [0.1, 0.15) is 0 Å². The fourth-order valence-corrected chi connectivity index (χ4v) is 1.23. The number of hydrogen-bond acceptors (Lipinski definition) is 2. The summed E-state index contributed by atoms with van der Waals surface area (Å²) in [5.41, 5.74) is 5.80. The molecule has 1 fully saturated rings. The standard InChI is InChI=1S/C7H15NO.ClH/c1-7(2)3-6(4-8)9-5-7;/h6H,3-5,8H2,1-2H3;1H/t6-;/m1./s1. The normalized spacial score (nSPS) is 29.7. The van der Waals surface area contributed by atoms with Gasteiger partial charge in [-0.15, -0.1) is 12.4 Å². The molecular formula is C7H16ClNO. The molecule has 0 amide bonds. The molecule has 2 N–H and O–H groups in total. The number of hydrogen-bond donors (Lipinski definition) is 1. The fourth-order valence-electron chi connectivity index (χ4n) is 1.23. The highest BCUT2D eigenvalue weighted by molar-refractivity contribution is 5.85. The van der Waals surface area contributed by atoms with E-state index < -0.39 is 0 Å². The second kappa shape index (κ2) is 3.56. The first-order chi connectivity index (χ1) is 4.14. The van der Waals surface area contributed by atoms with Crippen molar-refractivity contribution in [3.8, 4) is 0 Å². The van der Waals surface area contributed by atoms with Crippen LogP contribution in [0.3, 0.4) is 0 Å². The van der Waals surface area contributed by atoms with Crippen LogP contribution in [-0.2, 0) is 4.74 Å².